The third-order valence-corrected chi connectivity index (χ3v) is 15.8. The molecule has 0 aliphatic rings. The molecule has 1 amide bonds. The van der Waals surface area contributed by atoms with Gasteiger partial charge in [0.15, 0.2) is 8.32 Å². The molecular weight excluding hydrogens is 831 g/mol. The Labute approximate surface area is 360 Å². The van der Waals surface area contributed by atoms with Crippen LogP contribution in [0.5, 0.6) is 0 Å². The summed E-state index contributed by atoms with van der Waals surface area (Å²) < 4.78 is 21.2. The number of carboxylic acid groups (broad SMARTS) is 1. The van der Waals surface area contributed by atoms with Gasteiger partial charge in [-0.2, -0.15) is 0 Å². The van der Waals surface area contributed by atoms with Crippen LogP contribution in [0, 0.1) is 24.2 Å². The van der Waals surface area contributed by atoms with E-state index in [2.05, 4.69) is 10.3 Å². The van der Waals surface area contributed by atoms with E-state index in [1.165, 1.54) is 0 Å². The van der Waals surface area contributed by atoms with E-state index in [1.54, 1.807) is 52.9 Å². The molecule has 1 rings (SSSR count). The standard InChI is InChI=1S/C41H65Cl3N2O9SSi/c1-14-57(15-2,16-3)55-33(23-34(47)48)40(12,13)36(49)29(7)35(53-38(51)52-25-41(42,43)44)27(5)19-17-18-26(4)20-21-32(46-37(50)54-39(9,10)11)28(6)22-31-24-56-30(8)45-31/h17-18,20,22,24,27,29,32-33,35H,14-16,19,21,23,25H2,1-13H3,(H,46,50)(H,47,48)/t27-,29+,32-,33-,35-/m0/s1. The predicted octanol–water partition coefficient (Wildman–Crippen LogP) is 11.7. The van der Waals surface area contributed by atoms with Gasteiger partial charge in [-0.1, -0.05) is 107 Å². The first kappa shape index (κ1) is 52.6. The lowest BCUT2D eigenvalue weighted by Crippen LogP contribution is -2.51. The SMILES string of the molecule is CC[Si](CC)(CC)O[C@@H](CC(=O)O)C(C)(C)C(=O)[C@H](C)[C@@H](OC(=O)OCC(Cl)(Cl)Cl)[C@@H](C)CC=CC(C)=CC[C@H](NC(=O)OC(C)(C)C)C(C)=Cc1csc(C)n1. The third kappa shape index (κ3) is 19.0. The van der Waals surface area contributed by atoms with Crippen molar-refractivity contribution in [2.24, 2.45) is 17.3 Å². The molecule has 0 aliphatic carbocycles. The van der Waals surface area contributed by atoms with Crippen LogP contribution in [0.25, 0.3) is 6.08 Å². The minimum Gasteiger partial charge on any atom is -0.481 e. The zero-order valence-corrected chi connectivity index (χ0v) is 40.0. The van der Waals surface area contributed by atoms with Crippen LogP contribution in [0.15, 0.2) is 34.8 Å². The molecule has 0 radical (unpaired) electrons. The van der Waals surface area contributed by atoms with Gasteiger partial charge in [-0.3, -0.25) is 9.59 Å². The van der Waals surface area contributed by atoms with Crippen LogP contribution in [0.4, 0.5) is 9.59 Å². The summed E-state index contributed by atoms with van der Waals surface area (Å²) in [5.74, 6) is -2.69. The molecule has 0 spiro atoms. The van der Waals surface area contributed by atoms with Gasteiger partial charge in [-0.25, -0.2) is 14.6 Å². The van der Waals surface area contributed by atoms with E-state index in [9.17, 15) is 24.3 Å². The summed E-state index contributed by atoms with van der Waals surface area (Å²) in [7, 11) is -2.33. The molecular formula is C41H65Cl3N2O9SSi. The average molecular weight is 896 g/mol. The van der Waals surface area contributed by atoms with Crippen molar-refractivity contribution in [2.45, 2.75) is 155 Å². The van der Waals surface area contributed by atoms with Crippen LogP contribution < -0.4 is 5.32 Å². The van der Waals surface area contributed by atoms with Gasteiger partial charge in [-0.15, -0.1) is 11.3 Å². The van der Waals surface area contributed by atoms with Crippen LogP contribution in [-0.2, 0) is 28.2 Å². The van der Waals surface area contributed by atoms with E-state index in [0.29, 0.717) is 12.8 Å². The maximum Gasteiger partial charge on any atom is 0.508 e. The fraction of sp³-hybridized carbons (Fsp3) is 0.683. The number of nitrogens with zero attached hydrogens (tertiary/aromatic N) is 1. The van der Waals surface area contributed by atoms with Crippen molar-refractivity contribution in [3.8, 4) is 0 Å². The summed E-state index contributed by atoms with van der Waals surface area (Å²) in [6, 6.07) is 1.96. The van der Waals surface area contributed by atoms with Crippen LogP contribution in [0.1, 0.15) is 113 Å². The van der Waals surface area contributed by atoms with E-state index in [4.69, 9.17) is 53.4 Å². The number of Topliss-reactive ketones (excluding diaryl/α,β-unsaturated/α-hetero) is 1. The Morgan fingerprint density at radius 2 is 1.60 bits per heavy atom. The summed E-state index contributed by atoms with van der Waals surface area (Å²) in [5, 5.41) is 15.7. The minimum absolute atomic E-state index is 0.314. The second kappa shape index (κ2) is 23.4. The number of aliphatic carboxylic acids is 1. The summed E-state index contributed by atoms with van der Waals surface area (Å²) in [6.45, 7) is 23.6. The predicted molar refractivity (Wildman–Crippen MR) is 234 cm³/mol. The Morgan fingerprint density at radius 3 is 2.09 bits per heavy atom. The number of thiazole rings is 1. The van der Waals surface area contributed by atoms with Crippen molar-refractivity contribution in [1.82, 2.24) is 10.3 Å². The summed E-state index contributed by atoms with van der Waals surface area (Å²) in [6.07, 6.45) is 4.76. The molecule has 57 heavy (non-hydrogen) atoms. The Kier molecular flexibility index (Phi) is 21.6. The maximum absolute atomic E-state index is 14.4. The number of alkyl carbamates (subject to hydrolysis) is 1. The number of alkyl halides is 3. The topological polar surface area (TPSA) is 150 Å². The summed E-state index contributed by atoms with van der Waals surface area (Å²) in [5.41, 5.74) is 0.710. The second-order valence-electron chi connectivity index (χ2n) is 16.2. The number of aromatic nitrogens is 1. The molecule has 0 saturated carbocycles. The van der Waals surface area contributed by atoms with Gasteiger partial charge in [0, 0.05) is 10.8 Å². The second-order valence-corrected chi connectivity index (χ2v) is 24.5. The number of allylic oxidation sites excluding steroid dienone is 3. The summed E-state index contributed by atoms with van der Waals surface area (Å²) in [4.78, 5) is 56.7. The largest absolute Gasteiger partial charge is 0.508 e. The number of ketones is 1. The van der Waals surface area contributed by atoms with Crippen molar-refractivity contribution in [3.05, 3.63) is 45.5 Å². The van der Waals surface area contributed by atoms with E-state index in [-0.39, 0.29) is 18.2 Å². The fourth-order valence-electron chi connectivity index (χ4n) is 6.36. The first-order valence-corrected chi connectivity index (χ1v) is 24.0. The number of aryl methyl sites for hydroxylation is 1. The molecule has 0 saturated heterocycles. The first-order chi connectivity index (χ1) is 26.2. The maximum atomic E-state index is 14.4. The zero-order valence-electron chi connectivity index (χ0n) is 35.9. The molecule has 1 aromatic heterocycles. The number of hydrogen-bond acceptors (Lipinski definition) is 10. The molecule has 0 unspecified atom stereocenters. The molecule has 2 N–H and O–H groups in total. The first-order valence-electron chi connectivity index (χ1n) is 19.5. The van der Waals surface area contributed by atoms with Crippen molar-refractivity contribution < 1.29 is 42.9 Å². The van der Waals surface area contributed by atoms with Gasteiger partial charge in [0.1, 0.15) is 24.1 Å². The molecule has 0 aliphatic heterocycles. The lowest BCUT2D eigenvalue weighted by Gasteiger charge is -2.42. The van der Waals surface area contributed by atoms with Crippen molar-refractivity contribution in [1.29, 1.82) is 0 Å². The molecule has 0 aromatic carbocycles. The van der Waals surface area contributed by atoms with E-state index >= 15 is 0 Å². The third-order valence-electron chi connectivity index (χ3n) is 10.00. The van der Waals surface area contributed by atoms with Crippen LogP contribution in [-0.4, -0.2) is 76.7 Å². The molecule has 5 atom stereocenters. The van der Waals surface area contributed by atoms with Gasteiger partial charge in [0.05, 0.1) is 35.2 Å². The highest BCUT2D eigenvalue weighted by atomic mass is 35.6. The number of nitrogens with one attached hydrogen (secondary N) is 1. The normalized spacial score (nSPS) is 16.1. The van der Waals surface area contributed by atoms with E-state index in [0.717, 1.165) is 40.0 Å². The van der Waals surface area contributed by atoms with Gasteiger partial charge in [-0.05, 0) is 90.1 Å². The van der Waals surface area contributed by atoms with E-state index < -0.39 is 72.0 Å². The number of rotatable bonds is 22. The van der Waals surface area contributed by atoms with Crippen LogP contribution in [0.2, 0.25) is 18.1 Å². The van der Waals surface area contributed by atoms with Gasteiger partial charge in [0.25, 0.3) is 0 Å². The smallest absolute Gasteiger partial charge is 0.481 e. The number of halogens is 3. The quantitative estimate of drug-likeness (QED) is 0.0498. The number of carboxylic acids is 1. The monoisotopic (exact) mass is 894 g/mol. The van der Waals surface area contributed by atoms with Crippen molar-refractivity contribution >= 4 is 84.5 Å². The molecule has 0 bridgehead atoms. The number of ether oxygens (including phenoxy) is 3. The number of carbonyl (C=O) groups excluding carboxylic acids is 3. The van der Waals surface area contributed by atoms with Crippen LogP contribution >= 0.6 is 46.1 Å². The molecule has 16 heteroatoms. The summed E-state index contributed by atoms with van der Waals surface area (Å²) >= 11 is 18.9. The Morgan fingerprint density at radius 1 is 1.00 bits per heavy atom. The van der Waals surface area contributed by atoms with Gasteiger partial charge in [0.2, 0.25) is 3.79 Å². The average Bonchev–Trinajstić information content (AvgIpc) is 3.51. The number of amides is 1. The fourth-order valence-corrected chi connectivity index (χ4v) is 10.1. The highest BCUT2D eigenvalue weighted by molar-refractivity contribution is 7.09. The lowest BCUT2D eigenvalue weighted by molar-refractivity contribution is -0.147. The lowest BCUT2D eigenvalue weighted by atomic mass is 9.73. The zero-order chi connectivity index (χ0) is 43.9. The number of carbonyl (C=O) groups is 4. The molecule has 1 heterocycles. The Bertz CT molecular complexity index is 1570. The minimum atomic E-state index is -2.33. The highest BCUT2D eigenvalue weighted by Gasteiger charge is 2.47. The van der Waals surface area contributed by atoms with Gasteiger partial charge >= 0.3 is 18.2 Å². The Hall–Kier alpha value is -2.42. The van der Waals surface area contributed by atoms with Crippen LogP contribution in [0.3, 0.4) is 0 Å². The number of hydrogen-bond donors (Lipinski definition) is 2. The van der Waals surface area contributed by atoms with Crippen molar-refractivity contribution in [3.63, 3.8) is 0 Å². The molecule has 1 aromatic rings. The molecule has 324 valence electrons. The Balaban J connectivity index is 3.39. The molecule has 11 nitrogen and oxygen atoms in total. The van der Waals surface area contributed by atoms with Gasteiger partial charge < -0.3 is 29.1 Å². The van der Waals surface area contributed by atoms with E-state index in [1.807, 2.05) is 78.2 Å². The highest BCUT2D eigenvalue weighted by Crippen LogP contribution is 2.38. The van der Waals surface area contributed by atoms with Crippen molar-refractivity contribution in [2.75, 3.05) is 6.61 Å². The molecule has 0 fully saturated rings.